The average Bonchev–Trinajstić information content (AvgIpc) is 3.21. The first-order valence-electron chi connectivity index (χ1n) is 9.87. The summed E-state index contributed by atoms with van der Waals surface area (Å²) in [6, 6.07) is 11.1. The van der Waals surface area contributed by atoms with Gasteiger partial charge in [0.25, 0.3) is 0 Å². The van der Waals surface area contributed by atoms with Crippen LogP contribution in [0.2, 0.25) is 0 Å². The molecular weight excluding hydrogens is 354 g/mol. The van der Waals surface area contributed by atoms with Crippen molar-refractivity contribution in [3.63, 3.8) is 0 Å². The molecule has 2 aromatic carbocycles. The first-order valence-corrected chi connectivity index (χ1v) is 9.87. The van der Waals surface area contributed by atoms with E-state index >= 15 is 0 Å². The third-order valence-electron chi connectivity index (χ3n) is 6.34. The lowest BCUT2D eigenvalue weighted by molar-refractivity contribution is 0.0697. The van der Waals surface area contributed by atoms with Gasteiger partial charge in [-0.15, -0.1) is 0 Å². The fourth-order valence-corrected chi connectivity index (χ4v) is 5.04. The molecule has 3 aromatic rings. The molecule has 0 spiro atoms. The molecule has 1 fully saturated rings. The highest BCUT2D eigenvalue weighted by Crippen LogP contribution is 2.51. The van der Waals surface area contributed by atoms with Gasteiger partial charge in [-0.3, -0.25) is 0 Å². The Bertz CT molecular complexity index is 1090. The Balaban J connectivity index is 1.82. The summed E-state index contributed by atoms with van der Waals surface area (Å²) in [5.41, 5.74) is 5.15. The van der Waals surface area contributed by atoms with Crippen LogP contribution in [0.1, 0.15) is 65.7 Å². The minimum Gasteiger partial charge on any atom is -0.497 e. The summed E-state index contributed by atoms with van der Waals surface area (Å²) in [5, 5.41) is 21.7. The standard InChI is InChI=1S/C23H23NO4/c1-28-15-8-10-16-18(12-15)22(25)24-19-11-14(23(26)27)7-9-17(19)20(21(16)24)13-5-3-2-4-6-13/h7-13,22,25H,2-6H2,1H3,(H,26,27). The maximum atomic E-state index is 11.5. The molecule has 28 heavy (non-hydrogen) atoms. The number of benzene rings is 2. The molecule has 1 unspecified atom stereocenters. The molecule has 1 aromatic heterocycles. The minimum absolute atomic E-state index is 0.240. The van der Waals surface area contributed by atoms with Crippen LogP contribution < -0.4 is 4.74 Å². The molecule has 2 N–H and O–H groups in total. The van der Waals surface area contributed by atoms with Crippen molar-refractivity contribution in [2.75, 3.05) is 7.11 Å². The van der Waals surface area contributed by atoms with Crippen LogP contribution in [-0.4, -0.2) is 27.9 Å². The van der Waals surface area contributed by atoms with Crippen LogP contribution in [0, 0.1) is 0 Å². The van der Waals surface area contributed by atoms with Crippen molar-refractivity contribution < 1.29 is 19.7 Å². The van der Waals surface area contributed by atoms with Crippen molar-refractivity contribution in [2.24, 2.45) is 0 Å². The maximum Gasteiger partial charge on any atom is 0.335 e. The minimum atomic E-state index is -0.955. The summed E-state index contributed by atoms with van der Waals surface area (Å²) >= 11 is 0. The summed E-state index contributed by atoms with van der Waals surface area (Å²) in [4.78, 5) is 11.5. The zero-order valence-electron chi connectivity index (χ0n) is 15.8. The maximum absolute atomic E-state index is 11.5. The van der Waals surface area contributed by atoms with E-state index in [1.165, 1.54) is 24.8 Å². The Morgan fingerprint density at radius 2 is 1.89 bits per heavy atom. The van der Waals surface area contributed by atoms with Crippen LogP contribution in [0.5, 0.6) is 5.75 Å². The summed E-state index contributed by atoms with van der Waals surface area (Å²) in [5.74, 6) is 0.185. The lowest BCUT2D eigenvalue weighted by atomic mass is 9.81. The molecule has 0 saturated heterocycles. The fourth-order valence-electron chi connectivity index (χ4n) is 5.04. The molecule has 1 saturated carbocycles. The molecule has 2 heterocycles. The number of carbonyl (C=O) groups is 1. The second-order valence-corrected chi connectivity index (χ2v) is 7.83. The molecule has 5 rings (SSSR count). The second kappa shape index (κ2) is 6.38. The van der Waals surface area contributed by atoms with Crippen molar-refractivity contribution in [3.05, 3.63) is 53.1 Å². The van der Waals surface area contributed by atoms with Crippen LogP contribution in [0.15, 0.2) is 36.4 Å². The number of nitrogens with zero attached hydrogens (tertiary/aromatic N) is 1. The first-order chi connectivity index (χ1) is 13.6. The van der Waals surface area contributed by atoms with E-state index in [0.29, 0.717) is 11.7 Å². The zero-order valence-corrected chi connectivity index (χ0v) is 15.8. The van der Waals surface area contributed by atoms with E-state index in [1.807, 2.05) is 28.8 Å². The van der Waals surface area contributed by atoms with Crippen LogP contribution in [0.3, 0.4) is 0 Å². The third-order valence-corrected chi connectivity index (χ3v) is 6.34. The number of carboxylic acids is 1. The van der Waals surface area contributed by atoms with E-state index in [1.54, 1.807) is 19.2 Å². The highest BCUT2D eigenvalue weighted by atomic mass is 16.5. The van der Waals surface area contributed by atoms with Crippen molar-refractivity contribution in [2.45, 2.75) is 44.2 Å². The molecular formula is C23H23NO4. The Hall–Kier alpha value is -2.79. The lowest BCUT2D eigenvalue weighted by Gasteiger charge is -2.23. The zero-order chi connectivity index (χ0) is 19.4. The topological polar surface area (TPSA) is 71.7 Å². The van der Waals surface area contributed by atoms with E-state index in [-0.39, 0.29) is 5.56 Å². The van der Waals surface area contributed by atoms with E-state index < -0.39 is 12.2 Å². The summed E-state index contributed by atoms with van der Waals surface area (Å²) in [6.07, 6.45) is 5.11. The van der Waals surface area contributed by atoms with Crippen molar-refractivity contribution in [1.29, 1.82) is 0 Å². The quantitative estimate of drug-likeness (QED) is 0.680. The van der Waals surface area contributed by atoms with Gasteiger partial charge in [-0.1, -0.05) is 25.3 Å². The monoisotopic (exact) mass is 377 g/mol. The van der Waals surface area contributed by atoms with E-state index in [2.05, 4.69) is 0 Å². The normalized spacial score (nSPS) is 18.9. The van der Waals surface area contributed by atoms with Gasteiger partial charge in [0.2, 0.25) is 0 Å². The molecule has 144 valence electrons. The molecule has 2 aliphatic rings. The van der Waals surface area contributed by atoms with Crippen molar-refractivity contribution in [3.8, 4) is 17.0 Å². The van der Waals surface area contributed by atoms with Crippen LogP contribution >= 0.6 is 0 Å². The number of hydrogen-bond acceptors (Lipinski definition) is 3. The molecule has 5 nitrogen and oxygen atoms in total. The Morgan fingerprint density at radius 3 is 2.61 bits per heavy atom. The number of aliphatic hydroxyl groups is 1. The average molecular weight is 377 g/mol. The molecule has 0 amide bonds. The van der Waals surface area contributed by atoms with Crippen molar-refractivity contribution in [1.82, 2.24) is 4.57 Å². The lowest BCUT2D eigenvalue weighted by Crippen LogP contribution is -2.06. The number of fused-ring (bicyclic) bond motifs is 5. The largest absolute Gasteiger partial charge is 0.497 e. The Kier molecular flexibility index (Phi) is 3.95. The summed E-state index contributed by atoms with van der Waals surface area (Å²) in [7, 11) is 1.62. The Labute approximate surface area is 163 Å². The van der Waals surface area contributed by atoms with E-state index in [4.69, 9.17) is 4.74 Å². The smallest absolute Gasteiger partial charge is 0.335 e. The number of methoxy groups -OCH3 is 1. The highest BCUT2D eigenvalue weighted by molar-refractivity contribution is 5.99. The van der Waals surface area contributed by atoms with Gasteiger partial charge in [-0.2, -0.15) is 0 Å². The molecule has 0 bridgehead atoms. The van der Waals surface area contributed by atoms with Gasteiger partial charge in [0.1, 0.15) is 5.75 Å². The third kappa shape index (κ3) is 2.39. The predicted octanol–water partition coefficient (Wildman–Crippen LogP) is 4.92. The van der Waals surface area contributed by atoms with E-state index in [9.17, 15) is 15.0 Å². The van der Waals surface area contributed by atoms with Gasteiger partial charge in [0.05, 0.1) is 23.9 Å². The SMILES string of the molecule is COc1ccc2c(c1)C(O)n1c-2c(C2CCCCC2)c2ccc(C(=O)O)cc21. The van der Waals surface area contributed by atoms with Gasteiger partial charge in [-0.25, -0.2) is 4.79 Å². The van der Waals surface area contributed by atoms with Crippen LogP contribution in [0.4, 0.5) is 0 Å². The molecule has 0 radical (unpaired) electrons. The number of hydrogen-bond donors (Lipinski definition) is 2. The molecule has 1 aliphatic heterocycles. The van der Waals surface area contributed by atoms with E-state index in [0.717, 1.165) is 40.6 Å². The highest BCUT2D eigenvalue weighted by Gasteiger charge is 2.35. The second-order valence-electron chi connectivity index (χ2n) is 7.83. The number of aliphatic hydroxyl groups excluding tert-OH is 1. The first kappa shape index (κ1) is 17.3. The number of ether oxygens (including phenoxy) is 1. The van der Waals surface area contributed by atoms with Gasteiger partial charge in [-0.05, 0) is 54.7 Å². The number of aromatic nitrogens is 1. The van der Waals surface area contributed by atoms with Crippen LogP contribution in [0.25, 0.3) is 22.2 Å². The predicted molar refractivity (Wildman–Crippen MR) is 107 cm³/mol. The van der Waals surface area contributed by atoms with Crippen LogP contribution in [-0.2, 0) is 0 Å². The number of carboxylic acid groups (broad SMARTS) is 1. The van der Waals surface area contributed by atoms with Gasteiger partial charge in [0.15, 0.2) is 6.23 Å². The van der Waals surface area contributed by atoms with Gasteiger partial charge < -0.3 is 19.5 Å². The number of aromatic carboxylic acids is 1. The molecule has 1 atom stereocenters. The van der Waals surface area contributed by atoms with Crippen molar-refractivity contribution >= 4 is 16.9 Å². The fraction of sp³-hybridized carbons (Fsp3) is 0.348. The Morgan fingerprint density at radius 1 is 1.11 bits per heavy atom. The molecule has 1 aliphatic carbocycles. The van der Waals surface area contributed by atoms with Gasteiger partial charge >= 0.3 is 5.97 Å². The molecule has 5 heteroatoms. The number of rotatable bonds is 3. The summed E-state index contributed by atoms with van der Waals surface area (Å²) < 4.78 is 7.26. The summed E-state index contributed by atoms with van der Waals surface area (Å²) in [6.45, 7) is 0. The van der Waals surface area contributed by atoms with Gasteiger partial charge in [0, 0.05) is 16.5 Å².